The van der Waals surface area contributed by atoms with E-state index in [1.807, 2.05) is 6.92 Å². The van der Waals surface area contributed by atoms with Crippen LogP contribution in [0.15, 0.2) is 71.8 Å². The van der Waals surface area contributed by atoms with Gasteiger partial charge in [0.05, 0.1) is 23.8 Å². The average Bonchev–Trinajstić information content (AvgIpc) is 2.80. The molecule has 0 spiro atoms. The predicted molar refractivity (Wildman–Crippen MR) is 117 cm³/mol. The number of esters is 1. The summed E-state index contributed by atoms with van der Waals surface area (Å²) in [5.41, 5.74) is 3.94. The standard InChI is InChI=1S/C23H19N3O6/c1-15-3-5-16(6-4-15)22(27)25-24-14-18-13-19(26(29)30)9-12-21(18)32-23(28)17-7-10-20(31-2)11-8-17/h3-14H,1-2H3,(H,25,27)/b24-14+. The van der Waals surface area contributed by atoms with Gasteiger partial charge in [0.1, 0.15) is 11.5 Å². The fourth-order valence-corrected chi connectivity index (χ4v) is 2.66. The summed E-state index contributed by atoms with van der Waals surface area (Å²) in [5, 5.41) is 15.0. The van der Waals surface area contributed by atoms with Crippen molar-refractivity contribution in [3.05, 3.63) is 99.1 Å². The van der Waals surface area contributed by atoms with Crippen molar-refractivity contribution in [3.8, 4) is 11.5 Å². The Bertz CT molecular complexity index is 1170. The largest absolute Gasteiger partial charge is 0.497 e. The number of carbonyl (C=O) groups is 2. The minimum atomic E-state index is -0.667. The summed E-state index contributed by atoms with van der Waals surface area (Å²) in [6.07, 6.45) is 1.18. The zero-order chi connectivity index (χ0) is 23.1. The number of hydrogen-bond acceptors (Lipinski definition) is 7. The minimum Gasteiger partial charge on any atom is -0.497 e. The third kappa shape index (κ3) is 5.54. The smallest absolute Gasteiger partial charge is 0.343 e. The van der Waals surface area contributed by atoms with E-state index in [9.17, 15) is 19.7 Å². The number of nitro groups is 1. The van der Waals surface area contributed by atoms with Gasteiger partial charge >= 0.3 is 5.97 Å². The summed E-state index contributed by atoms with van der Waals surface area (Å²) >= 11 is 0. The molecule has 0 aromatic heterocycles. The first-order chi connectivity index (χ1) is 15.4. The van der Waals surface area contributed by atoms with Crippen molar-refractivity contribution >= 4 is 23.8 Å². The molecule has 0 unspecified atom stereocenters. The first-order valence-corrected chi connectivity index (χ1v) is 9.42. The van der Waals surface area contributed by atoms with Crippen LogP contribution in [0.2, 0.25) is 0 Å². The van der Waals surface area contributed by atoms with Crippen molar-refractivity contribution in [3.63, 3.8) is 0 Å². The first kappa shape index (κ1) is 22.2. The first-order valence-electron chi connectivity index (χ1n) is 9.42. The average molecular weight is 433 g/mol. The minimum absolute atomic E-state index is 0.0461. The van der Waals surface area contributed by atoms with Crippen LogP contribution in [0.4, 0.5) is 5.69 Å². The highest BCUT2D eigenvalue weighted by Crippen LogP contribution is 2.24. The summed E-state index contributed by atoms with van der Waals surface area (Å²) in [6.45, 7) is 1.90. The zero-order valence-corrected chi connectivity index (χ0v) is 17.3. The Morgan fingerprint density at radius 3 is 2.28 bits per heavy atom. The Hall–Kier alpha value is -4.53. The van der Waals surface area contributed by atoms with Crippen LogP contribution in [0.25, 0.3) is 0 Å². The molecular formula is C23H19N3O6. The summed E-state index contributed by atoms with van der Waals surface area (Å²) in [5.74, 6) is -0.498. The third-order valence-corrected chi connectivity index (χ3v) is 4.42. The van der Waals surface area contributed by atoms with Gasteiger partial charge in [0.15, 0.2) is 0 Å². The van der Waals surface area contributed by atoms with Crippen LogP contribution in [-0.2, 0) is 0 Å². The van der Waals surface area contributed by atoms with Crippen LogP contribution >= 0.6 is 0 Å². The fraction of sp³-hybridized carbons (Fsp3) is 0.0870. The number of ether oxygens (including phenoxy) is 2. The molecule has 0 heterocycles. The second-order valence-corrected chi connectivity index (χ2v) is 6.66. The SMILES string of the molecule is COc1ccc(C(=O)Oc2ccc([N+](=O)[O-])cc2/C=N/NC(=O)c2ccc(C)cc2)cc1. The van der Waals surface area contributed by atoms with Gasteiger partial charge in [-0.15, -0.1) is 0 Å². The van der Waals surface area contributed by atoms with E-state index in [-0.39, 0.29) is 22.6 Å². The van der Waals surface area contributed by atoms with Crippen LogP contribution < -0.4 is 14.9 Å². The molecule has 32 heavy (non-hydrogen) atoms. The van der Waals surface area contributed by atoms with Gasteiger partial charge < -0.3 is 9.47 Å². The molecule has 9 nitrogen and oxygen atoms in total. The van der Waals surface area contributed by atoms with Crippen LogP contribution in [0.3, 0.4) is 0 Å². The van der Waals surface area contributed by atoms with Gasteiger partial charge in [-0.1, -0.05) is 17.7 Å². The topological polar surface area (TPSA) is 120 Å². The van der Waals surface area contributed by atoms with Crippen molar-refractivity contribution in [2.75, 3.05) is 7.11 Å². The third-order valence-electron chi connectivity index (χ3n) is 4.42. The van der Waals surface area contributed by atoms with E-state index in [0.717, 1.165) is 5.56 Å². The van der Waals surface area contributed by atoms with E-state index < -0.39 is 16.8 Å². The van der Waals surface area contributed by atoms with Crippen molar-refractivity contribution in [2.45, 2.75) is 6.92 Å². The van der Waals surface area contributed by atoms with E-state index in [1.165, 1.54) is 43.7 Å². The second-order valence-electron chi connectivity index (χ2n) is 6.66. The molecule has 1 amide bonds. The normalized spacial score (nSPS) is 10.6. The molecule has 0 aliphatic carbocycles. The Labute approximate surface area is 183 Å². The molecule has 1 N–H and O–H groups in total. The van der Waals surface area contributed by atoms with Crippen molar-refractivity contribution in [1.29, 1.82) is 0 Å². The molecule has 162 valence electrons. The van der Waals surface area contributed by atoms with E-state index in [2.05, 4.69) is 10.5 Å². The van der Waals surface area contributed by atoms with Crippen LogP contribution in [-0.4, -0.2) is 30.1 Å². The van der Waals surface area contributed by atoms with Gasteiger partial charge in [-0.25, -0.2) is 10.2 Å². The predicted octanol–water partition coefficient (Wildman–Crippen LogP) is 3.89. The van der Waals surface area contributed by atoms with Gasteiger partial charge in [-0.2, -0.15) is 5.10 Å². The highest BCUT2D eigenvalue weighted by atomic mass is 16.6. The highest BCUT2D eigenvalue weighted by molar-refractivity contribution is 5.96. The molecule has 0 saturated carbocycles. The van der Waals surface area contributed by atoms with Crippen LogP contribution in [0.5, 0.6) is 11.5 Å². The van der Waals surface area contributed by atoms with Crippen molar-refractivity contribution in [2.24, 2.45) is 5.10 Å². The summed E-state index contributed by atoms with van der Waals surface area (Å²) < 4.78 is 10.4. The number of benzene rings is 3. The monoisotopic (exact) mass is 433 g/mol. The number of carbonyl (C=O) groups excluding carboxylic acids is 2. The Kier molecular flexibility index (Phi) is 6.92. The van der Waals surface area contributed by atoms with Crippen LogP contribution in [0, 0.1) is 17.0 Å². The molecule has 0 bridgehead atoms. The molecular weight excluding hydrogens is 414 g/mol. The number of hydrazone groups is 1. The number of methoxy groups -OCH3 is 1. The van der Waals surface area contributed by atoms with E-state index in [0.29, 0.717) is 11.3 Å². The maximum atomic E-state index is 12.5. The maximum absolute atomic E-state index is 12.5. The molecule has 3 rings (SSSR count). The van der Waals surface area contributed by atoms with Gasteiger partial charge in [-0.05, 0) is 49.4 Å². The summed E-state index contributed by atoms with van der Waals surface area (Å²) in [4.78, 5) is 35.2. The number of amides is 1. The molecule has 0 radical (unpaired) electrons. The number of nitro benzene ring substituents is 1. The lowest BCUT2D eigenvalue weighted by molar-refractivity contribution is -0.384. The lowest BCUT2D eigenvalue weighted by Gasteiger charge is -2.08. The highest BCUT2D eigenvalue weighted by Gasteiger charge is 2.15. The molecule has 0 atom stereocenters. The number of rotatable bonds is 7. The van der Waals surface area contributed by atoms with E-state index in [1.54, 1.807) is 36.4 Å². The van der Waals surface area contributed by atoms with Crippen molar-refractivity contribution in [1.82, 2.24) is 5.43 Å². The van der Waals surface area contributed by atoms with Crippen LogP contribution in [0.1, 0.15) is 31.8 Å². The Balaban J connectivity index is 1.79. The summed E-state index contributed by atoms with van der Waals surface area (Å²) in [6, 6.07) is 16.8. The fourth-order valence-electron chi connectivity index (χ4n) is 2.66. The number of non-ortho nitro benzene ring substituents is 1. The Morgan fingerprint density at radius 2 is 1.66 bits per heavy atom. The molecule has 0 fully saturated rings. The zero-order valence-electron chi connectivity index (χ0n) is 17.3. The quantitative estimate of drug-likeness (QED) is 0.198. The number of nitrogens with zero attached hydrogens (tertiary/aromatic N) is 2. The van der Waals surface area contributed by atoms with E-state index in [4.69, 9.17) is 9.47 Å². The number of aryl methyl sites for hydroxylation is 1. The molecule has 0 aliphatic rings. The van der Waals surface area contributed by atoms with Gasteiger partial charge in [0, 0.05) is 23.3 Å². The van der Waals surface area contributed by atoms with Gasteiger partial charge in [0.2, 0.25) is 0 Å². The van der Waals surface area contributed by atoms with E-state index >= 15 is 0 Å². The van der Waals surface area contributed by atoms with Gasteiger partial charge in [-0.3, -0.25) is 14.9 Å². The molecule has 0 saturated heterocycles. The molecule has 9 heteroatoms. The number of nitrogens with one attached hydrogen (secondary N) is 1. The molecule has 3 aromatic rings. The molecule has 3 aromatic carbocycles. The molecule has 0 aliphatic heterocycles. The maximum Gasteiger partial charge on any atom is 0.343 e. The Morgan fingerprint density at radius 1 is 1.00 bits per heavy atom. The lowest BCUT2D eigenvalue weighted by Crippen LogP contribution is -2.17. The second kappa shape index (κ2) is 9.98. The summed E-state index contributed by atoms with van der Waals surface area (Å²) in [7, 11) is 1.51. The van der Waals surface area contributed by atoms with Crippen molar-refractivity contribution < 1.29 is 24.0 Å². The lowest BCUT2D eigenvalue weighted by atomic mass is 10.1. The van der Waals surface area contributed by atoms with Gasteiger partial charge in [0.25, 0.3) is 11.6 Å². The number of hydrogen-bond donors (Lipinski definition) is 1.